The number of thiazole rings is 1. The van der Waals surface area contributed by atoms with Crippen LogP contribution in [0.3, 0.4) is 0 Å². The van der Waals surface area contributed by atoms with Gasteiger partial charge >= 0.3 is 12.4 Å². The van der Waals surface area contributed by atoms with Gasteiger partial charge in [0.15, 0.2) is 5.13 Å². The Hall–Kier alpha value is -2.29. The smallest absolute Gasteiger partial charge is 0.360 e. The normalized spacial score (nSPS) is 10.8. The van der Waals surface area contributed by atoms with Crippen molar-refractivity contribution >= 4 is 40.5 Å². The lowest BCUT2D eigenvalue weighted by Crippen LogP contribution is -2.16. The van der Waals surface area contributed by atoms with Crippen molar-refractivity contribution in [1.29, 1.82) is 0 Å². The van der Waals surface area contributed by atoms with Crippen molar-refractivity contribution in [3.8, 4) is 0 Å². The molecule has 0 unspecified atom stereocenters. The highest BCUT2D eigenvalue weighted by Crippen LogP contribution is 2.16. The molecule has 0 spiro atoms. The second kappa shape index (κ2) is 5.70. The Morgan fingerprint density at radius 1 is 1.65 bits per heavy atom. The number of hydrogen-bond donors (Lipinski definition) is 2. The summed E-state index contributed by atoms with van der Waals surface area (Å²) in [5.74, 6) is -1.73. The number of nitrogens with one attached hydrogen (secondary N) is 1. The van der Waals surface area contributed by atoms with Gasteiger partial charge in [0.05, 0.1) is 0 Å². The van der Waals surface area contributed by atoms with E-state index in [9.17, 15) is 14.4 Å². The van der Waals surface area contributed by atoms with E-state index in [0.29, 0.717) is 0 Å². The number of nitrogens with zero attached hydrogens (tertiary/aromatic N) is 2. The minimum atomic E-state index is -1.40. The van der Waals surface area contributed by atoms with Gasteiger partial charge in [-0.3, -0.25) is 9.59 Å². The number of oxime groups is 1. The Kier molecular flexibility index (Phi) is 4.29. The van der Waals surface area contributed by atoms with Gasteiger partial charge in [-0.25, -0.2) is 9.78 Å². The molecule has 1 amide bonds. The highest BCUT2D eigenvalue weighted by atomic mass is 32.1. The lowest BCUT2D eigenvalue weighted by Gasteiger charge is -1.95. The van der Waals surface area contributed by atoms with Gasteiger partial charge in [0.1, 0.15) is 5.69 Å². The molecule has 0 fully saturated rings. The average Bonchev–Trinajstić information content (AvgIpc) is 2.65. The number of carbonyl (C=O) groups excluding carboxylic acids is 2. The molecule has 0 radical (unpaired) electrons. The molecule has 2 N–H and O–H groups in total. The molecule has 90 valence electrons. The Labute approximate surface area is 98.9 Å². The van der Waals surface area contributed by atoms with Crippen molar-refractivity contribution in [3.05, 3.63) is 11.1 Å². The van der Waals surface area contributed by atoms with Crippen LogP contribution in [0.2, 0.25) is 0 Å². The number of aliphatic carboxylic acids is 1. The Balaban J connectivity index is 2.95. The van der Waals surface area contributed by atoms with Crippen molar-refractivity contribution < 1.29 is 24.3 Å². The third-order valence-electron chi connectivity index (χ3n) is 1.42. The summed E-state index contributed by atoms with van der Waals surface area (Å²) in [6.07, 6.45) is 0. The van der Waals surface area contributed by atoms with Gasteiger partial charge < -0.3 is 15.3 Å². The van der Waals surface area contributed by atoms with Crippen LogP contribution in [0.4, 0.5) is 5.13 Å². The number of carboxylic acids is 1. The van der Waals surface area contributed by atoms with E-state index in [1.807, 2.05) is 0 Å². The Morgan fingerprint density at radius 3 is 2.88 bits per heavy atom. The summed E-state index contributed by atoms with van der Waals surface area (Å²) < 4.78 is 0. The fraction of sp³-hybridized carbons (Fsp3) is 0.125. The SMILES string of the molecule is CC(=O)Nc1nc(C(=NOC=O)C(=O)O)cs1. The zero-order valence-corrected chi connectivity index (χ0v) is 9.35. The first-order valence-corrected chi connectivity index (χ1v) is 5.06. The summed E-state index contributed by atoms with van der Waals surface area (Å²) in [5.41, 5.74) is -0.530. The third kappa shape index (κ3) is 3.65. The number of carbonyl (C=O) groups is 3. The molecule has 0 aliphatic carbocycles. The van der Waals surface area contributed by atoms with Crippen LogP contribution in [-0.4, -0.2) is 34.2 Å². The Bertz CT molecular complexity index is 481. The number of rotatable bonds is 5. The zero-order valence-electron chi connectivity index (χ0n) is 8.54. The van der Waals surface area contributed by atoms with Gasteiger partial charge in [-0.15, -0.1) is 11.3 Å². The summed E-state index contributed by atoms with van der Waals surface area (Å²) in [7, 11) is 0. The second-order valence-corrected chi connectivity index (χ2v) is 3.52. The quantitative estimate of drug-likeness (QED) is 0.333. The lowest BCUT2D eigenvalue weighted by molar-refractivity contribution is -0.130. The first-order valence-electron chi connectivity index (χ1n) is 4.19. The summed E-state index contributed by atoms with van der Waals surface area (Å²) in [6, 6.07) is 0. The zero-order chi connectivity index (χ0) is 12.8. The summed E-state index contributed by atoms with van der Waals surface area (Å²) in [5, 5.41) is 15.9. The predicted octanol–water partition coefficient (Wildman–Crippen LogP) is 0.0632. The van der Waals surface area contributed by atoms with E-state index in [-0.39, 0.29) is 23.2 Å². The molecule has 0 atom stereocenters. The van der Waals surface area contributed by atoms with Crippen molar-refractivity contribution in [2.24, 2.45) is 5.16 Å². The van der Waals surface area contributed by atoms with Crippen LogP contribution in [0.25, 0.3) is 0 Å². The van der Waals surface area contributed by atoms with E-state index in [1.54, 1.807) is 0 Å². The summed E-state index contributed by atoms with van der Waals surface area (Å²) >= 11 is 1.03. The number of hydrogen-bond acceptors (Lipinski definition) is 7. The third-order valence-corrected chi connectivity index (χ3v) is 2.18. The number of amides is 1. The maximum Gasteiger partial charge on any atom is 0.360 e. The first kappa shape index (κ1) is 12.8. The van der Waals surface area contributed by atoms with Crippen LogP contribution >= 0.6 is 11.3 Å². The van der Waals surface area contributed by atoms with Crippen molar-refractivity contribution in [2.45, 2.75) is 6.92 Å². The molecule has 1 heterocycles. The molecular formula is C8H7N3O5S. The Morgan fingerprint density at radius 2 is 2.35 bits per heavy atom. The standard InChI is InChI=1S/C8H7N3O5S/c1-4(13)9-8-10-5(2-17-8)6(7(14)15)11-16-3-12/h2-3H,1H3,(H,14,15)(H,9,10,13). The van der Waals surface area contributed by atoms with E-state index in [0.717, 1.165) is 11.3 Å². The maximum absolute atomic E-state index is 10.8. The first-order chi connectivity index (χ1) is 8.04. The van der Waals surface area contributed by atoms with Crippen molar-refractivity contribution in [2.75, 3.05) is 5.32 Å². The molecule has 0 saturated heterocycles. The van der Waals surface area contributed by atoms with E-state index >= 15 is 0 Å². The molecule has 0 bridgehead atoms. The molecule has 0 aliphatic heterocycles. The van der Waals surface area contributed by atoms with Gasteiger partial charge in [0.2, 0.25) is 11.6 Å². The van der Waals surface area contributed by atoms with Crippen molar-refractivity contribution in [1.82, 2.24) is 4.98 Å². The van der Waals surface area contributed by atoms with Crippen LogP contribution in [0.5, 0.6) is 0 Å². The molecule has 1 rings (SSSR count). The van der Waals surface area contributed by atoms with E-state index < -0.39 is 11.7 Å². The molecule has 1 aromatic heterocycles. The van der Waals surface area contributed by atoms with Crippen LogP contribution < -0.4 is 5.32 Å². The van der Waals surface area contributed by atoms with Crippen molar-refractivity contribution in [3.63, 3.8) is 0 Å². The van der Waals surface area contributed by atoms with E-state index in [4.69, 9.17) is 5.11 Å². The molecule has 8 nitrogen and oxygen atoms in total. The topological polar surface area (TPSA) is 118 Å². The fourth-order valence-electron chi connectivity index (χ4n) is 0.860. The number of carboxylic acid groups (broad SMARTS) is 1. The van der Waals surface area contributed by atoms with Gasteiger partial charge in [-0.05, 0) is 0 Å². The molecule has 0 aromatic carbocycles. The van der Waals surface area contributed by atoms with Gasteiger partial charge in [-0.1, -0.05) is 5.16 Å². The van der Waals surface area contributed by atoms with Crippen LogP contribution in [0.1, 0.15) is 12.6 Å². The summed E-state index contributed by atoms with van der Waals surface area (Å²) in [6.45, 7) is 1.28. The van der Waals surface area contributed by atoms with Gasteiger partial charge in [0, 0.05) is 12.3 Å². The van der Waals surface area contributed by atoms with E-state index in [1.165, 1.54) is 12.3 Å². The fourth-order valence-corrected chi connectivity index (χ4v) is 1.60. The van der Waals surface area contributed by atoms with E-state index in [2.05, 4.69) is 20.3 Å². The van der Waals surface area contributed by atoms with Crippen LogP contribution in [0, 0.1) is 0 Å². The molecule has 17 heavy (non-hydrogen) atoms. The average molecular weight is 257 g/mol. The minimum Gasteiger partial charge on any atom is -0.476 e. The molecule has 9 heteroatoms. The molecule has 0 saturated carbocycles. The second-order valence-electron chi connectivity index (χ2n) is 2.67. The van der Waals surface area contributed by atoms with Crippen LogP contribution in [0.15, 0.2) is 10.5 Å². The maximum atomic E-state index is 10.8. The van der Waals surface area contributed by atoms with Crippen LogP contribution in [-0.2, 0) is 19.2 Å². The molecular weight excluding hydrogens is 250 g/mol. The highest BCUT2D eigenvalue weighted by molar-refractivity contribution is 7.14. The minimum absolute atomic E-state index is 0.00639. The van der Waals surface area contributed by atoms with Gasteiger partial charge in [0.25, 0.3) is 0 Å². The highest BCUT2D eigenvalue weighted by Gasteiger charge is 2.17. The largest absolute Gasteiger partial charge is 0.476 e. The molecule has 0 aliphatic rings. The lowest BCUT2D eigenvalue weighted by atomic mass is 10.3. The molecule has 1 aromatic rings. The van der Waals surface area contributed by atoms with Gasteiger partial charge in [-0.2, -0.15) is 0 Å². The summed E-state index contributed by atoms with van der Waals surface area (Å²) in [4.78, 5) is 39.3. The monoisotopic (exact) mass is 257 g/mol. The predicted molar refractivity (Wildman–Crippen MR) is 57.7 cm³/mol. The number of aromatic nitrogens is 1. The number of anilines is 1.